The van der Waals surface area contributed by atoms with Gasteiger partial charge in [0.25, 0.3) is 0 Å². The predicted molar refractivity (Wildman–Crippen MR) is 121 cm³/mol. The minimum Gasteiger partial charge on any atom is -0.366 e. The molecule has 0 saturated carbocycles. The molecule has 0 spiro atoms. The Morgan fingerprint density at radius 2 is 1.47 bits per heavy atom. The minimum absolute atomic E-state index is 0.0296. The molecule has 0 bridgehead atoms. The summed E-state index contributed by atoms with van der Waals surface area (Å²) in [6, 6.07) is 12.4. The average molecular weight is 471 g/mol. The SMILES string of the molecule is O=C1CO[C@H]2CCN(C(=O)N3CCN(C(c4ccc(F)cc4)c4ccc(F)cc4)CC3)C[C@H]2N1. The van der Waals surface area contributed by atoms with Crippen molar-refractivity contribution in [3.63, 3.8) is 0 Å². The van der Waals surface area contributed by atoms with Crippen LogP contribution in [0.3, 0.4) is 0 Å². The van der Waals surface area contributed by atoms with Gasteiger partial charge in [-0.25, -0.2) is 13.6 Å². The van der Waals surface area contributed by atoms with Gasteiger partial charge in [0.1, 0.15) is 18.2 Å². The van der Waals surface area contributed by atoms with E-state index in [1.165, 1.54) is 24.3 Å². The molecule has 0 unspecified atom stereocenters. The lowest BCUT2D eigenvalue weighted by Crippen LogP contribution is -2.63. The first-order valence-corrected chi connectivity index (χ1v) is 11.7. The number of hydrogen-bond donors (Lipinski definition) is 1. The minimum atomic E-state index is -0.305. The molecule has 3 fully saturated rings. The van der Waals surface area contributed by atoms with E-state index in [1.54, 1.807) is 29.2 Å². The number of halogens is 2. The van der Waals surface area contributed by atoms with E-state index in [0.717, 1.165) is 11.1 Å². The number of carbonyl (C=O) groups excluding carboxylic acids is 2. The van der Waals surface area contributed by atoms with E-state index in [0.29, 0.717) is 45.7 Å². The van der Waals surface area contributed by atoms with Gasteiger partial charge in [0.2, 0.25) is 5.91 Å². The number of ether oxygens (including phenoxy) is 1. The van der Waals surface area contributed by atoms with Gasteiger partial charge in [-0.15, -0.1) is 0 Å². The van der Waals surface area contributed by atoms with Crippen LogP contribution in [0.5, 0.6) is 0 Å². The number of morpholine rings is 1. The van der Waals surface area contributed by atoms with Crippen LogP contribution in [-0.4, -0.2) is 84.7 Å². The Morgan fingerprint density at radius 1 is 0.882 bits per heavy atom. The summed E-state index contributed by atoms with van der Waals surface area (Å²) in [5, 5.41) is 2.93. The van der Waals surface area contributed by atoms with Crippen molar-refractivity contribution in [1.82, 2.24) is 20.0 Å². The summed E-state index contributed by atoms with van der Waals surface area (Å²) in [6.45, 7) is 3.49. The van der Waals surface area contributed by atoms with Crippen molar-refractivity contribution < 1.29 is 23.1 Å². The third-order valence-corrected chi connectivity index (χ3v) is 6.92. The predicted octanol–water partition coefficient (Wildman–Crippen LogP) is 2.38. The van der Waals surface area contributed by atoms with Crippen molar-refractivity contribution in [2.45, 2.75) is 24.6 Å². The van der Waals surface area contributed by atoms with Gasteiger partial charge in [0.05, 0.1) is 18.2 Å². The smallest absolute Gasteiger partial charge is 0.320 e. The zero-order valence-electron chi connectivity index (χ0n) is 18.8. The molecule has 34 heavy (non-hydrogen) atoms. The molecule has 3 aliphatic heterocycles. The van der Waals surface area contributed by atoms with Crippen molar-refractivity contribution in [2.75, 3.05) is 45.9 Å². The largest absolute Gasteiger partial charge is 0.366 e. The van der Waals surface area contributed by atoms with Crippen LogP contribution in [0.15, 0.2) is 48.5 Å². The first-order chi connectivity index (χ1) is 16.5. The highest BCUT2D eigenvalue weighted by atomic mass is 19.1. The monoisotopic (exact) mass is 470 g/mol. The van der Waals surface area contributed by atoms with Crippen molar-refractivity contribution >= 4 is 11.9 Å². The lowest BCUT2D eigenvalue weighted by molar-refractivity contribution is -0.139. The number of amides is 3. The zero-order valence-corrected chi connectivity index (χ0v) is 18.8. The Hall–Kier alpha value is -3.04. The Kier molecular flexibility index (Phi) is 6.47. The molecular weight excluding hydrogens is 442 g/mol. The standard InChI is InChI=1S/C25H28F2N4O3/c26-19-5-1-17(2-6-19)24(18-3-7-20(27)8-4-18)29-11-13-30(14-12-29)25(33)31-10-9-22-21(15-31)28-23(32)16-34-22/h1-8,21-22,24H,9-16H2,(H,28,32)/t21-,22+/m1/s1. The maximum Gasteiger partial charge on any atom is 0.320 e. The molecule has 2 aromatic carbocycles. The second-order valence-corrected chi connectivity index (χ2v) is 9.07. The fourth-order valence-electron chi connectivity index (χ4n) is 5.15. The number of rotatable bonds is 3. The van der Waals surface area contributed by atoms with E-state index in [-0.39, 0.29) is 48.4 Å². The molecule has 2 aromatic rings. The van der Waals surface area contributed by atoms with E-state index in [9.17, 15) is 18.4 Å². The van der Waals surface area contributed by atoms with Crippen LogP contribution in [0.2, 0.25) is 0 Å². The van der Waals surface area contributed by atoms with Crippen molar-refractivity contribution in [3.8, 4) is 0 Å². The molecule has 3 amide bonds. The maximum absolute atomic E-state index is 13.5. The van der Waals surface area contributed by atoms with E-state index in [1.807, 2.05) is 4.90 Å². The number of fused-ring (bicyclic) bond motifs is 1. The van der Waals surface area contributed by atoms with Gasteiger partial charge in [0, 0.05) is 39.3 Å². The van der Waals surface area contributed by atoms with Gasteiger partial charge in [-0.3, -0.25) is 9.69 Å². The number of benzene rings is 2. The molecule has 9 heteroatoms. The topological polar surface area (TPSA) is 65.1 Å². The van der Waals surface area contributed by atoms with Crippen LogP contribution in [0.4, 0.5) is 13.6 Å². The summed E-state index contributed by atoms with van der Waals surface area (Å²) in [5.74, 6) is -0.752. The second kappa shape index (κ2) is 9.68. The molecule has 180 valence electrons. The summed E-state index contributed by atoms with van der Waals surface area (Å²) in [4.78, 5) is 30.7. The number of likely N-dealkylation sites (tertiary alicyclic amines) is 1. The Morgan fingerprint density at radius 3 is 2.06 bits per heavy atom. The molecule has 0 aromatic heterocycles. The van der Waals surface area contributed by atoms with Crippen LogP contribution in [0, 0.1) is 11.6 Å². The molecule has 7 nitrogen and oxygen atoms in total. The van der Waals surface area contributed by atoms with Gasteiger partial charge in [0.15, 0.2) is 0 Å². The number of piperazine rings is 1. The first kappa shape index (κ1) is 22.7. The number of hydrogen-bond acceptors (Lipinski definition) is 4. The van der Waals surface area contributed by atoms with Gasteiger partial charge in [-0.05, 0) is 41.8 Å². The Labute approximate surface area is 197 Å². The van der Waals surface area contributed by atoms with Gasteiger partial charge < -0.3 is 19.9 Å². The van der Waals surface area contributed by atoms with Crippen LogP contribution >= 0.6 is 0 Å². The Bertz CT molecular complexity index is 980. The van der Waals surface area contributed by atoms with Crippen molar-refractivity contribution in [1.29, 1.82) is 0 Å². The van der Waals surface area contributed by atoms with Crippen molar-refractivity contribution in [2.24, 2.45) is 0 Å². The van der Waals surface area contributed by atoms with Crippen LogP contribution in [0.1, 0.15) is 23.6 Å². The number of urea groups is 1. The quantitative estimate of drug-likeness (QED) is 0.748. The second-order valence-electron chi connectivity index (χ2n) is 9.07. The zero-order chi connectivity index (χ0) is 23.7. The first-order valence-electron chi connectivity index (χ1n) is 11.7. The third kappa shape index (κ3) is 4.76. The van der Waals surface area contributed by atoms with Crippen LogP contribution in [0.25, 0.3) is 0 Å². The summed E-state index contributed by atoms with van der Waals surface area (Å²) in [6.07, 6.45) is 0.666. The highest BCUT2D eigenvalue weighted by Gasteiger charge is 2.38. The fraction of sp³-hybridized carbons (Fsp3) is 0.440. The molecule has 0 aliphatic carbocycles. The third-order valence-electron chi connectivity index (χ3n) is 6.92. The molecule has 3 heterocycles. The molecular formula is C25H28F2N4O3. The van der Waals surface area contributed by atoms with E-state index < -0.39 is 0 Å². The normalized spacial score (nSPS) is 23.6. The number of piperidine rings is 1. The summed E-state index contributed by atoms with van der Waals surface area (Å²) in [5.41, 5.74) is 1.84. The highest BCUT2D eigenvalue weighted by molar-refractivity contribution is 5.79. The van der Waals surface area contributed by atoms with Crippen LogP contribution in [-0.2, 0) is 9.53 Å². The summed E-state index contributed by atoms with van der Waals surface area (Å²) in [7, 11) is 0. The lowest BCUT2D eigenvalue weighted by atomic mass is 9.96. The van der Waals surface area contributed by atoms with E-state index in [4.69, 9.17) is 4.74 Å². The van der Waals surface area contributed by atoms with Crippen molar-refractivity contribution in [3.05, 3.63) is 71.3 Å². The molecule has 1 N–H and O–H groups in total. The van der Waals surface area contributed by atoms with Gasteiger partial charge in [-0.2, -0.15) is 0 Å². The molecule has 3 aliphatic rings. The number of nitrogens with zero attached hydrogens (tertiary/aromatic N) is 3. The van der Waals surface area contributed by atoms with Gasteiger partial charge in [-0.1, -0.05) is 24.3 Å². The van der Waals surface area contributed by atoms with E-state index >= 15 is 0 Å². The average Bonchev–Trinajstić information content (AvgIpc) is 2.86. The summed E-state index contributed by atoms with van der Waals surface area (Å²) < 4.78 is 32.7. The Balaban J connectivity index is 1.26. The molecule has 3 saturated heterocycles. The number of carbonyl (C=O) groups is 2. The molecule has 0 radical (unpaired) electrons. The fourth-order valence-corrected chi connectivity index (χ4v) is 5.15. The number of nitrogens with one attached hydrogen (secondary N) is 1. The van der Waals surface area contributed by atoms with Crippen LogP contribution < -0.4 is 5.32 Å². The molecule has 5 rings (SSSR count). The lowest BCUT2D eigenvalue weighted by Gasteiger charge is -2.44. The highest BCUT2D eigenvalue weighted by Crippen LogP contribution is 2.30. The van der Waals surface area contributed by atoms with Gasteiger partial charge >= 0.3 is 6.03 Å². The summed E-state index contributed by atoms with van der Waals surface area (Å²) >= 11 is 0. The molecule has 2 atom stereocenters. The maximum atomic E-state index is 13.5. The van der Waals surface area contributed by atoms with E-state index in [2.05, 4.69) is 10.2 Å².